The van der Waals surface area contributed by atoms with Crippen molar-refractivity contribution in [2.45, 2.75) is 33.1 Å². The standard InChI is InChI=1S/C15H19NO3/c1-15(2)9-13(18)16(14(19)10-15)12-5-3-11(4-6-12)7-8-17/h3-6,17H,7-10H2,1-2H3. The Morgan fingerprint density at radius 3 is 2.11 bits per heavy atom. The number of nitrogens with zero attached hydrogens (tertiary/aromatic N) is 1. The SMILES string of the molecule is CC1(C)CC(=O)N(c2ccc(CCO)cc2)C(=O)C1. The molecule has 102 valence electrons. The highest BCUT2D eigenvalue weighted by molar-refractivity contribution is 6.16. The van der Waals surface area contributed by atoms with Gasteiger partial charge in [0.05, 0.1) is 5.69 Å². The molecular weight excluding hydrogens is 242 g/mol. The average molecular weight is 261 g/mol. The molecule has 1 heterocycles. The molecule has 4 heteroatoms. The third-order valence-corrected chi connectivity index (χ3v) is 3.35. The van der Waals surface area contributed by atoms with Gasteiger partial charge in [0, 0.05) is 19.4 Å². The number of anilines is 1. The van der Waals surface area contributed by atoms with Crippen molar-refractivity contribution >= 4 is 17.5 Å². The fraction of sp³-hybridized carbons (Fsp3) is 0.467. The van der Waals surface area contributed by atoms with Crippen LogP contribution in [0, 0.1) is 5.41 Å². The van der Waals surface area contributed by atoms with Crippen molar-refractivity contribution in [2.24, 2.45) is 5.41 Å². The highest BCUT2D eigenvalue weighted by Crippen LogP contribution is 2.33. The lowest BCUT2D eigenvalue weighted by Crippen LogP contribution is -2.46. The first-order chi connectivity index (χ1) is 8.93. The first-order valence-corrected chi connectivity index (χ1v) is 6.48. The lowest BCUT2D eigenvalue weighted by Gasteiger charge is -2.34. The van der Waals surface area contributed by atoms with E-state index in [4.69, 9.17) is 5.11 Å². The summed E-state index contributed by atoms with van der Waals surface area (Å²) in [4.78, 5) is 25.5. The normalized spacial score (nSPS) is 18.8. The van der Waals surface area contributed by atoms with E-state index < -0.39 is 0 Å². The minimum absolute atomic E-state index is 0.0924. The second-order valence-electron chi connectivity index (χ2n) is 5.78. The molecule has 0 spiro atoms. The third kappa shape index (κ3) is 3.01. The van der Waals surface area contributed by atoms with Gasteiger partial charge in [-0.05, 0) is 29.5 Å². The lowest BCUT2D eigenvalue weighted by molar-refractivity contribution is -0.132. The van der Waals surface area contributed by atoms with Crippen LogP contribution in [0.15, 0.2) is 24.3 Å². The van der Waals surface area contributed by atoms with Gasteiger partial charge in [0.15, 0.2) is 0 Å². The summed E-state index contributed by atoms with van der Waals surface area (Å²) in [6, 6.07) is 7.20. The molecule has 0 bridgehead atoms. The Hall–Kier alpha value is -1.68. The Morgan fingerprint density at radius 1 is 1.11 bits per heavy atom. The number of hydrogen-bond acceptors (Lipinski definition) is 3. The van der Waals surface area contributed by atoms with Gasteiger partial charge in [0.25, 0.3) is 0 Å². The number of amides is 2. The number of carbonyl (C=O) groups is 2. The van der Waals surface area contributed by atoms with E-state index in [1.54, 1.807) is 12.1 Å². The third-order valence-electron chi connectivity index (χ3n) is 3.35. The van der Waals surface area contributed by atoms with Gasteiger partial charge in [-0.3, -0.25) is 14.5 Å². The predicted octanol–water partition coefficient (Wildman–Crippen LogP) is 1.90. The highest BCUT2D eigenvalue weighted by Gasteiger charge is 2.38. The van der Waals surface area contributed by atoms with Crippen LogP contribution in [0.3, 0.4) is 0 Å². The summed E-state index contributed by atoms with van der Waals surface area (Å²) < 4.78 is 0. The summed E-state index contributed by atoms with van der Waals surface area (Å²) in [5, 5.41) is 8.86. The number of carbonyl (C=O) groups excluding carboxylic acids is 2. The number of aliphatic hydroxyl groups is 1. The summed E-state index contributed by atoms with van der Waals surface area (Å²) in [6.45, 7) is 3.96. The number of rotatable bonds is 3. The monoisotopic (exact) mass is 261 g/mol. The summed E-state index contributed by atoms with van der Waals surface area (Å²) in [5.41, 5.74) is 1.36. The Bertz CT molecular complexity index is 471. The molecule has 19 heavy (non-hydrogen) atoms. The Balaban J connectivity index is 2.21. The quantitative estimate of drug-likeness (QED) is 0.845. The van der Waals surface area contributed by atoms with Gasteiger partial charge in [-0.25, -0.2) is 0 Å². The number of piperidine rings is 1. The van der Waals surface area contributed by atoms with Crippen molar-refractivity contribution in [3.63, 3.8) is 0 Å². The van der Waals surface area contributed by atoms with Gasteiger partial charge in [-0.1, -0.05) is 26.0 Å². The van der Waals surface area contributed by atoms with Gasteiger partial charge < -0.3 is 5.11 Å². The zero-order chi connectivity index (χ0) is 14.0. The molecule has 1 aliphatic rings. The van der Waals surface area contributed by atoms with E-state index in [9.17, 15) is 9.59 Å². The van der Waals surface area contributed by atoms with Crippen molar-refractivity contribution in [1.29, 1.82) is 0 Å². The van der Waals surface area contributed by atoms with Crippen LogP contribution >= 0.6 is 0 Å². The largest absolute Gasteiger partial charge is 0.396 e. The van der Waals surface area contributed by atoms with Crippen LogP contribution in [0.1, 0.15) is 32.3 Å². The van der Waals surface area contributed by atoms with Crippen LogP contribution in [0.5, 0.6) is 0 Å². The molecule has 1 N–H and O–H groups in total. The number of hydrogen-bond donors (Lipinski definition) is 1. The van der Waals surface area contributed by atoms with Gasteiger partial charge in [0.1, 0.15) is 0 Å². The molecule has 0 aliphatic carbocycles. The minimum Gasteiger partial charge on any atom is -0.396 e. The maximum atomic E-state index is 12.1. The lowest BCUT2D eigenvalue weighted by atomic mass is 9.81. The molecule has 2 amide bonds. The van der Waals surface area contributed by atoms with Gasteiger partial charge >= 0.3 is 0 Å². The van der Waals surface area contributed by atoms with E-state index >= 15 is 0 Å². The minimum atomic E-state index is -0.249. The molecule has 1 aromatic carbocycles. The predicted molar refractivity (Wildman–Crippen MR) is 72.7 cm³/mol. The second-order valence-corrected chi connectivity index (χ2v) is 5.78. The van der Waals surface area contributed by atoms with E-state index in [1.807, 2.05) is 26.0 Å². The van der Waals surface area contributed by atoms with Crippen molar-refractivity contribution < 1.29 is 14.7 Å². The average Bonchev–Trinajstić information content (AvgIpc) is 2.29. The van der Waals surface area contributed by atoms with E-state index in [1.165, 1.54) is 4.90 Å². The van der Waals surface area contributed by atoms with E-state index in [-0.39, 0.29) is 23.8 Å². The maximum absolute atomic E-state index is 12.1. The summed E-state index contributed by atoms with van der Waals surface area (Å²) >= 11 is 0. The fourth-order valence-electron chi connectivity index (χ4n) is 2.41. The first kappa shape index (κ1) is 13.7. The number of benzene rings is 1. The molecule has 0 saturated carbocycles. The molecule has 2 rings (SSSR count). The van der Waals surface area contributed by atoms with Crippen molar-refractivity contribution in [3.05, 3.63) is 29.8 Å². The Kier molecular flexibility index (Phi) is 3.71. The van der Waals surface area contributed by atoms with Crippen LogP contribution in [0.25, 0.3) is 0 Å². The van der Waals surface area contributed by atoms with E-state index in [0.717, 1.165) is 5.56 Å². The summed E-state index contributed by atoms with van der Waals surface area (Å²) in [6.07, 6.45) is 1.35. The van der Waals surface area contributed by atoms with Crippen LogP contribution in [0.2, 0.25) is 0 Å². The summed E-state index contributed by atoms with van der Waals surface area (Å²) in [5.74, 6) is -0.285. The van der Waals surface area contributed by atoms with Crippen LogP contribution in [-0.2, 0) is 16.0 Å². The molecule has 0 radical (unpaired) electrons. The molecule has 4 nitrogen and oxygen atoms in total. The first-order valence-electron chi connectivity index (χ1n) is 6.48. The molecule has 1 saturated heterocycles. The Morgan fingerprint density at radius 2 is 1.63 bits per heavy atom. The number of imide groups is 1. The molecule has 1 aliphatic heterocycles. The fourth-order valence-corrected chi connectivity index (χ4v) is 2.41. The van der Waals surface area contributed by atoms with Gasteiger partial charge in [-0.2, -0.15) is 0 Å². The summed E-state index contributed by atoms with van der Waals surface area (Å²) in [7, 11) is 0. The number of aliphatic hydroxyl groups excluding tert-OH is 1. The molecule has 0 unspecified atom stereocenters. The second kappa shape index (κ2) is 5.13. The van der Waals surface area contributed by atoms with Gasteiger partial charge in [-0.15, -0.1) is 0 Å². The molecule has 0 aromatic heterocycles. The van der Waals surface area contributed by atoms with Crippen molar-refractivity contribution in [3.8, 4) is 0 Å². The molecule has 0 atom stereocenters. The zero-order valence-corrected chi connectivity index (χ0v) is 11.3. The van der Waals surface area contributed by atoms with Crippen LogP contribution < -0.4 is 4.90 Å². The van der Waals surface area contributed by atoms with Crippen LogP contribution in [-0.4, -0.2) is 23.5 Å². The Labute approximate surface area is 113 Å². The molecule has 1 fully saturated rings. The van der Waals surface area contributed by atoms with Crippen molar-refractivity contribution in [2.75, 3.05) is 11.5 Å². The van der Waals surface area contributed by atoms with Gasteiger partial charge in [0.2, 0.25) is 11.8 Å². The van der Waals surface area contributed by atoms with Crippen molar-refractivity contribution in [1.82, 2.24) is 0 Å². The smallest absolute Gasteiger partial charge is 0.234 e. The maximum Gasteiger partial charge on any atom is 0.234 e. The zero-order valence-electron chi connectivity index (χ0n) is 11.3. The van der Waals surface area contributed by atoms with Crippen LogP contribution in [0.4, 0.5) is 5.69 Å². The molecule has 1 aromatic rings. The topological polar surface area (TPSA) is 57.6 Å². The highest BCUT2D eigenvalue weighted by atomic mass is 16.3. The van der Waals surface area contributed by atoms with E-state index in [0.29, 0.717) is 24.9 Å². The van der Waals surface area contributed by atoms with E-state index in [2.05, 4.69) is 0 Å². The molecular formula is C15H19NO3.